The molecule has 0 fully saturated rings. The van der Waals surface area contributed by atoms with Gasteiger partial charge in [-0.25, -0.2) is 9.79 Å². The Kier molecular flexibility index (Phi) is 3.01. The Balaban J connectivity index is 2.82. The minimum atomic E-state index is 0.175. The van der Waals surface area contributed by atoms with Crippen LogP contribution in [-0.2, 0) is 4.79 Å². The van der Waals surface area contributed by atoms with Gasteiger partial charge in [-0.15, -0.1) is 0 Å². The van der Waals surface area contributed by atoms with Gasteiger partial charge in [0.1, 0.15) is 5.75 Å². The van der Waals surface area contributed by atoms with Crippen molar-refractivity contribution in [3.05, 3.63) is 36.4 Å². The minimum Gasteiger partial charge on any atom is -0.508 e. The molecule has 1 aromatic carbocycles. The molecule has 0 saturated heterocycles. The summed E-state index contributed by atoms with van der Waals surface area (Å²) in [6, 6.07) is 6.64. The third-order valence-electron chi connectivity index (χ3n) is 1.59. The second-order valence-corrected chi connectivity index (χ2v) is 2.56. The van der Waals surface area contributed by atoms with Crippen LogP contribution in [0.25, 0.3) is 5.57 Å². The first-order valence-electron chi connectivity index (χ1n) is 3.75. The molecule has 1 rings (SSSR count). The number of phenols is 1. The molecule has 1 aromatic rings. The summed E-state index contributed by atoms with van der Waals surface area (Å²) in [5.74, 6) is 0.175. The van der Waals surface area contributed by atoms with Crippen molar-refractivity contribution in [1.29, 1.82) is 0 Å². The summed E-state index contributed by atoms with van der Waals surface area (Å²) in [5, 5.41) is 9.14. The van der Waals surface area contributed by atoms with Crippen molar-refractivity contribution in [2.75, 3.05) is 6.54 Å². The first-order chi connectivity index (χ1) is 6.24. The molecule has 0 aliphatic heterocycles. The van der Waals surface area contributed by atoms with Gasteiger partial charge in [-0.2, -0.15) is 0 Å². The van der Waals surface area contributed by atoms with Crippen molar-refractivity contribution in [3.8, 4) is 5.75 Å². The Morgan fingerprint density at radius 1 is 1.62 bits per heavy atom. The van der Waals surface area contributed by atoms with E-state index in [1.807, 2.05) is 0 Å². The minimum absolute atomic E-state index is 0.175. The van der Waals surface area contributed by atoms with Crippen molar-refractivity contribution in [2.24, 2.45) is 4.99 Å². The predicted molar refractivity (Wildman–Crippen MR) is 50.1 cm³/mol. The summed E-state index contributed by atoms with van der Waals surface area (Å²) >= 11 is 0. The highest BCUT2D eigenvalue weighted by Gasteiger charge is 1.98. The highest BCUT2D eigenvalue weighted by Crippen LogP contribution is 2.17. The van der Waals surface area contributed by atoms with Crippen LogP contribution in [0.1, 0.15) is 5.56 Å². The van der Waals surface area contributed by atoms with Crippen LogP contribution < -0.4 is 0 Å². The molecule has 0 radical (unpaired) electrons. The van der Waals surface area contributed by atoms with E-state index in [-0.39, 0.29) is 12.3 Å². The fraction of sp³-hybridized carbons (Fsp3) is 0.100. The van der Waals surface area contributed by atoms with E-state index in [1.54, 1.807) is 24.3 Å². The van der Waals surface area contributed by atoms with Gasteiger partial charge in [0.15, 0.2) is 0 Å². The van der Waals surface area contributed by atoms with E-state index in [9.17, 15) is 4.79 Å². The summed E-state index contributed by atoms with van der Waals surface area (Å²) in [7, 11) is 0. The zero-order valence-corrected chi connectivity index (χ0v) is 7.03. The maximum absolute atomic E-state index is 9.83. The SMILES string of the molecule is C=C(CN=C=O)c1cccc(O)c1. The van der Waals surface area contributed by atoms with Gasteiger partial charge in [0.2, 0.25) is 6.08 Å². The lowest BCUT2D eigenvalue weighted by Gasteiger charge is -2.01. The van der Waals surface area contributed by atoms with Crippen molar-refractivity contribution in [2.45, 2.75) is 0 Å². The highest BCUT2D eigenvalue weighted by atomic mass is 16.3. The molecular weight excluding hydrogens is 166 g/mol. The molecule has 3 heteroatoms. The average molecular weight is 175 g/mol. The molecule has 0 unspecified atom stereocenters. The number of isocyanates is 1. The Labute approximate surface area is 76.1 Å². The summed E-state index contributed by atoms with van der Waals surface area (Å²) in [6.45, 7) is 3.94. The summed E-state index contributed by atoms with van der Waals surface area (Å²) in [6.07, 6.45) is 1.43. The van der Waals surface area contributed by atoms with Crippen LogP contribution in [0.2, 0.25) is 0 Å². The monoisotopic (exact) mass is 175 g/mol. The third-order valence-corrected chi connectivity index (χ3v) is 1.59. The second kappa shape index (κ2) is 4.24. The third kappa shape index (κ3) is 2.58. The standard InChI is InChI=1S/C10H9NO2/c1-8(6-11-7-12)9-3-2-4-10(13)5-9/h2-5,13H,1,6H2. The molecule has 0 aliphatic rings. The van der Waals surface area contributed by atoms with Crippen LogP contribution in [0.5, 0.6) is 5.75 Å². The van der Waals surface area contributed by atoms with Gasteiger partial charge in [0.25, 0.3) is 0 Å². The molecule has 0 atom stereocenters. The van der Waals surface area contributed by atoms with E-state index in [4.69, 9.17) is 5.11 Å². The summed E-state index contributed by atoms with van der Waals surface area (Å²) in [4.78, 5) is 13.2. The molecule has 0 saturated carbocycles. The fourth-order valence-corrected chi connectivity index (χ4v) is 0.945. The summed E-state index contributed by atoms with van der Waals surface area (Å²) in [5.41, 5.74) is 1.46. The average Bonchev–Trinajstić information content (AvgIpc) is 2.14. The topological polar surface area (TPSA) is 49.7 Å². The number of aliphatic imine (C=N–C) groups is 1. The van der Waals surface area contributed by atoms with E-state index in [1.165, 1.54) is 6.08 Å². The smallest absolute Gasteiger partial charge is 0.235 e. The normalized spacial score (nSPS) is 8.92. The van der Waals surface area contributed by atoms with E-state index in [2.05, 4.69) is 11.6 Å². The molecule has 13 heavy (non-hydrogen) atoms. The Morgan fingerprint density at radius 3 is 3.00 bits per heavy atom. The van der Waals surface area contributed by atoms with Crippen molar-refractivity contribution >= 4 is 11.7 Å². The first-order valence-corrected chi connectivity index (χ1v) is 3.75. The summed E-state index contributed by atoms with van der Waals surface area (Å²) < 4.78 is 0. The van der Waals surface area contributed by atoms with Crippen molar-refractivity contribution in [3.63, 3.8) is 0 Å². The lowest BCUT2D eigenvalue weighted by Crippen LogP contribution is -1.86. The van der Waals surface area contributed by atoms with Gasteiger partial charge in [-0.05, 0) is 23.3 Å². The fourth-order valence-electron chi connectivity index (χ4n) is 0.945. The number of nitrogens with zero attached hydrogens (tertiary/aromatic N) is 1. The van der Waals surface area contributed by atoms with Crippen LogP contribution >= 0.6 is 0 Å². The Bertz CT molecular complexity index is 365. The van der Waals surface area contributed by atoms with Crippen molar-refractivity contribution in [1.82, 2.24) is 0 Å². The van der Waals surface area contributed by atoms with Crippen LogP contribution in [-0.4, -0.2) is 17.7 Å². The second-order valence-electron chi connectivity index (χ2n) is 2.56. The van der Waals surface area contributed by atoms with E-state index >= 15 is 0 Å². The molecule has 3 nitrogen and oxygen atoms in total. The van der Waals surface area contributed by atoms with Gasteiger partial charge < -0.3 is 5.11 Å². The van der Waals surface area contributed by atoms with E-state index in [0.717, 1.165) is 5.56 Å². The van der Waals surface area contributed by atoms with Crippen LogP contribution in [0.4, 0.5) is 0 Å². The molecule has 0 amide bonds. The van der Waals surface area contributed by atoms with Crippen LogP contribution in [0.15, 0.2) is 35.8 Å². The lowest BCUT2D eigenvalue weighted by molar-refractivity contribution is 0.475. The van der Waals surface area contributed by atoms with Gasteiger partial charge >= 0.3 is 0 Å². The molecule has 0 bridgehead atoms. The van der Waals surface area contributed by atoms with Gasteiger partial charge in [0.05, 0.1) is 6.54 Å². The van der Waals surface area contributed by atoms with E-state index in [0.29, 0.717) is 5.57 Å². The number of rotatable bonds is 3. The number of aromatic hydroxyl groups is 1. The highest BCUT2D eigenvalue weighted by molar-refractivity contribution is 5.66. The van der Waals surface area contributed by atoms with Gasteiger partial charge in [-0.3, -0.25) is 0 Å². The number of hydrogen-bond donors (Lipinski definition) is 1. The maximum atomic E-state index is 9.83. The molecule has 0 spiro atoms. The number of carbonyl (C=O) groups excluding carboxylic acids is 1. The van der Waals surface area contributed by atoms with Gasteiger partial charge in [-0.1, -0.05) is 18.7 Å². The molecule has 1 N–H and O–H groups in total. The molecule has 0 heterocycles. The zero-order valence-electron chi connectivity index (χ0n) is 7.03. The van der Waals surface area contributed by atoms with E-state index < -0.39 is 0 Å². The number of phenolic OH excluding ortho intramolecular Hbond substituents is 1. The first kappa shape index (κ1) is 9.23. The molecule has 0 aliphatic carbocycles. The quantitative estimate of drug-likeness (QED) is 0.562. The number of benzene rings is 1. The molecular formula is C10H9NO2. The molecule has 66 valence electrons. The number of hydrogen-bond acceptors (Lipinski definition) is 3. The Hall–Kier alpha value is -1.86. The molecule has 0 aromatic heterocycles. The Morgan fingerprint density at radius 2 is 2.38 bits per heavy atom. The zero-order chi connectivity index (χ0) is 9.68. The van der Waals surface area contributed by atoms with Crippen LogP contribution in [0, 0.1) is 0 Å². The van der Waals surface area contributed by atoms with Crippen molar-refractivity contribution < 1.29 is 9.90 Å². The van der Waals surface area contributed by atoms with Gasteiger partial charge in [0, 0.05) is 0 Å². The predicted octanol–water partition coefficient (Wildman–Crippen LogP) is 1.74. The largest absolute Gasteiger partial charge is 0.508 e. The lowest BCUT2D eigenvalue weighted by atomic mass is 10.1. The maximum Gasteiger partial charge on any atom is 0.235 e. The van der Waals surface area contributed by atoms with Crippen LogP contribution in [0.3, 0.4) is 0 Å².